The van der Waals surface area contributed by atoms with Crippen molar-refractivity contribution in [3.05, 3.63) is 66.0 Å². The first-order valence-electron chi connectivity index (χ1n) is 8.34. The number of aliphatic hydroxyl groups excluding tert-OH is 1. The molecule has 26 heavy (non-hydrogen) atoms. The number of rotatable bonds is 8. The Morgan fingerprint density at radius 2 is 1.81 bits per heavy atom. The fourth-order valence-corrected chi connectivity index (χ4v) is 3.51. The number of ether oxygens (including phenoxy) is 1. The summed E-state index contributed by atoms with van der Waals surface area (Å²) in [6, 6.07) is 17.1. The predicted molar refractivity (Wildman–Crippen MR) is 100 cm³/mol. The van der Waals surface area contributed by atoms with Gasteiger partial charge in [0.2, 0.25) is 0 Å². The highest BCUT2D eigenvalue weighted by molar-refractivity contribution is 7.89. The molecule has 1 heterocycles. The Morgan fingerprint density at radius 3 is 2.54 bits per heavy atom. The number of imidazole rings is 1. The Kier molecular flexibility index (Phi) is 5.70. The molecular weight excluding hydrogens is 352 g/mol. The second-order valence-corrected chi connectivity index (χ2v) is 8.49. The number of benzene rings is 2. The maximum atomic E-state index is 11.7. The second kappa shape index (κ2) is 7.99. The molecule has 0 unspecified atom stereocenters. The van der Waals surface area contributed by atoms with Crippen molar-refractivity contribution in [2.45, 2.75) is 25.0 Å². The van der Waals surface area contributed by atoms with E-state index >= 15 is 0 Å². The van der Waals surface area contributed by atoms with Crippen molar-refractivity contribution in [3.63, 3.8) is 0 Å². The average molecular weight is 374 g/mol. The van der Waals surface area contributed by atoms with Gasteiger partial charge in [0.25, 0.3) is 0 Å². The second-order valence-electron chi connectivity index (χ2n) is 6.35. The van der Waals surface area contributed by atoms with E-state index in [1.54, 1.807) is 4.57 Å². The first-order valence-corrected chi connectivity index (χ1v) is 10.4. The summed E-state index contributed by atoms with van der Waals surface area (Å²) in [5.41, 5.74) is 2.54. The van der Waals surface area contributed by atoms with Crippen LogP contribution in [0.15, 0.2) is 54.6 Å². The number of hydrogen-bond donors (Lipinski definition) is 1. The molecule has 0 fully saturated rings. The molecule has 1 atom stereocenters. The average Bonchev–Trinajstić information content (AvgIpc) is 2.91. The van der Waals surface area contributed by atoms with Crippen LogP contribution in [-0.4, -0.2) is 42.0 Å². The molecule has 0 bridgehead atoms. The number of aliphatic hydroxyl groups is 1. The SMILES string of the molecule is CS(=O)(=O)Cc1nc2ccccc2n1C[C@@H](O)COCc1ccccc1. The van der Waals surface area contributed by atoms with E-state index in [0.29, 0.717) is 17.9 Å². The maximum absolute atomic E-state index is 11.7. The summed E-state index contributed by atoms with van der Waals surface area (Å²) in [7, 11) is -3.23. The first kappa shape index (κ1) is 18.6. The zero-order valence-corrected chi connectivity index (χ0v) is 15.4. The van der Waals surface area contributed by atoms with Gasteiger partial charge in [-0.25, -0.2) is 13.4 Å². The molecule has 0 radical (unpaired) electrons. The van der Waals surface area contributed by atoms with E-state index in [0.717, 1.165) is 11.1 Å². The molecule has 0 spiro atoms. The predicted octanol–water partition coefficient (Wildman–Crippen LogP) is 2.16. The molecule has 0 saturated carbocycles. The summed E-state index contributed by atoms with van der Waals surface area (Å²) >= 11 is 0. The van der Waals surface area contributed by atoms with Crippen LogP contribution in [0.4, 0.5) is 0 Å². The molecule has 1 N–H and O–H groups in total. The highest BCUT2D eigenvalue weighted by atomic mass is 32.2. The summed E-state index contributed by atoms with van der Waals surface area (Å²) in [5, 5.41) is 10.4. The first-order chi connectivity index (χ1) is 12.4. The minimum Gasteiger partial charge on any atom is -0.389 e. The summed E-state index contributed by atoms with van der Waals surface area (Å²) < 4.78 is 30.7. The van der Waals surface area contributed by atoms with Crippen LogP contribution >= 0.6 is 0 Å². The van der Waals surface area contributed by atoms with Crippen molar-refractivity contribution in [1.82, 2.24) is 9.55 Å². The van der Waals surface area contributed by atoms with Crippen LogP contribution in [0.3, 0.4) is 0 Å². The van der Waals surface area contributed by atoms with Crippen molar-refractivity contribution >= 4 is 20.9 Å². The lowest BCUT2D eigenvalue weighted by atomic mass is 10.2. The van der Waals surface area contributed by atoms with Crippen LogP contribution in [-0.2, 0) is 33.5 Å². The standard InChI is InChI=1S/C19H22N2O4S/c1-26(23,24)14-19-20-17-9-5-6-10-18(17)21(19)11-16(22)13-25-12-15-7-3-2-4-8-15/h2-10,16,22H,11-14H2,1H3/t16-/m1/s1. The molecule has 138 valence electrons. The van der Waals surface area contributed by atoms with Gasteiger partial charge in [0, 0.05) is 6.26 Å². The lowest BCUT2D eigenvalue weighted by Crippen LogP contribution is -2.23. The molecule has 0 saturated heterocycles. The van der Waals surface area contributed by atoms with Crippen LogP contribution in [0, 0.1) is 0 Å². The van der Waals surface area contributed by atoms with Gasteiger partial charge in [0.1, 0.15) is 11.6 Å². The Balaban J connectivity index is 1.71. The van der Waals surface area contributed by atoms with Crippen LogP contribution in [0.5, 0.6) is 0 Å². The number of hydrogen-bond acceptors (Lipinski definition) is 5. The van der Waals surface area contributed by atoms with Crippen LogP contribution in [0.2, 0.25) is 0 Å². The molecule has 3 rings (SSSR count). The fraction of sp³-hybridized carbons (Fsp3) is 0.316. The Labute approximate surface area is 153 Å². The third-order valence-corrected chi connectivity index (χ3v) is 4.72. The monoisotopic (exact) mass is 374 g/mol. The summed E-state index contributed by atoms with van der Waals surface area (Å²) in [6.07, 6.45) is 0.408. The van der Waals surface area contributed by atoms with E-state index in [1.165, 1.54) is 6.26 Å². The minimum atomic E-state index is -3.23. The topological polar surface area (TPSA) is 81.4 Å². The summed E-state index contributed by atoms with van der Waals surface area (Å²) in [4.78, 5) is 4.41. The van der Waals surface area contributed by atoms with Crippen molar-refractivity contribution < 1.29 is 18.3 Å². The third kappa shape index (κ3) is 4.91. The Morgan fingerprint density at radius 1 is 1.12 bits per heavy atom. The maximum Gasteiger partial charge on any atom is 0.154 e. The van der Waals surface area contributed by atoms with E-state index < -0.39 is 15.9 Å². The number of fused-ring (bicyclic) bond motifs is 1. The molecule has 0 aliphatic rings. The summed E-state index contributed by atoms with van der Waals surface area (Å²) in [6.45, 7) is 0.790. The van der Waals surface area contributed by atoms with E-state index in [2.05, 4.69) is 4.98 Å². The molecule has 7 heteroatoms. The van der Waals surface area contributed by atoms with E-state index in [4.69, 9.17) is 4.74 Å². The largest absolute Gasteiger partial charge is 0.389 e. The Hall–Kier alpha value is -2.22. The van der Waals surface area contributed by atoms with E-state index in [1.807, 2.05) is 54.6 Å². The van der Waals surface area contributed by atoms with Gasteiger partial charge in [0.05, 0.1) is 36.9 Å². The van der Waals surface area contributed by atoms with Crippen molar-refractivity contribution in [3.8, 4) is 0 Å². The zero-order valence-electron chi connectivity index (χ0n) is 14.6. The van der Waals surface area contributed by atoms with Gasteiger partial charge < -0.3 is 14.4 Å². The van der Waals surface area contributed by atoms with Crippen molar-refractivity contribution in [2.75, 3.05) is 12.9 Å². The quantitative estimate of drug-likeness (QED) is 0.653. The normalized spacial score (nSPS) is 13.2. The van der Waals surface area contributed by atoms with Crippen LogP contribution in [0.1, 0.15) is 11.4 Å². The van der Waals surface area contributed by atoms with E-state index in [9.17, 15) is 13.5 Å². The lowest BCUT2D eigenvalue weighted by molar-refractivity contribution is 0.0206. The lowest BCUT2D eigenvalue weighted by Gasteiger charge is -2.15. The van der Waals surface area contributed by atoms with Gasteiger partial charge >= 0.3 is 0 Å². The van der Waals surface area contributed by atoms with Gasteiger partial charge in [-0.1, -0.05) is 42.5 Å². The highest BCUT2D eigenvalue weighted by Crippen LogP contribution is 2.18. The smallest absolute Gasteiger partial charge is 0.154 e. The van der Waals surface area contributed by atoms with Crippen molar-refractivity contribution in [1.29, 1.82) is 0 Å². The van der Waals surface area contributed by atoms with Gasteiger partial charge in [0.15, 0.2) is 9.84 Å². The molecule has 2 aromatic carbocycles. The fourth-order valence-electron chi connectivity index (χ4n) is 2.82. The van der Waals surface area contributed by atoms with Crippen LogP contribution < -0.4 is 0 Å². The van der Waals surface area contributed by atoms with Crippen molar-refractivity contribution in [2.24, 2.45) is 0 Å². The number of aromatic nitrogens is 2. The van der Waals surface area contributed by atoms with Gasteiger partial charge in [-0.2, -0.15) is 0 Å². The molecule has 0 aliphatic heterocycles. The molecule has 1 aromatic heterocycles. The zero-order chi connectivity index (χ0) is 18.6. The highest BCUT2D eigenvalue weighted by Gasteiger charge is 2.17. The summed E-state index contributed by atoms with van der Waals surface area (Å²) in [5.74, 6) is 0.259. The molecule has 3 aromatic rings. The Bertz CT molecular complexity index is 968. The van der Waals surface area contributed by atoms with Gasteiger partial charge in [-0.15, -0.1) is 0 Å². The van der Waals surface area contributed by atoms with E-state index in [-0.39, 0.29) is 18.9 Å². The minimum absolute atomic E-state index is 0.152. The third-order valence-electron chi connectivity index (χ3n) is 3.94. The number of nitrogens with zero attached hydrogens (tertiary/aromatic N) is 2. The number of para-hydroxylation sites is 2. The molecule has 0 aliphatic carbocycles. The van der Waals surface area contributed by atoms with Gasteiger partial charge in [-0.3, -0.25) is 0 Å². The molecule has 6 nitrogen and oxygen atoms in total. The molecular formula is C19H22N2O4S. The van der Waals surface area contributed by atoms with Gasteiger partial charge in [-0.05, 0) is 17.7 Å². The number of sulfone groups is 1. The van der Waals surface area contributed by atoms with Crippen LogP contribution in [0.25, 0.3) is 11.0 Å². The molecule has 0 amide bonds.